The number of likely N-dealkylation sites (tertiary alicyclic amines) is 1. The van der Waals surface area contributed by atoms with Gasteiger partial charge in [0.05, 0.1) is 12.5 Å². The van der Waals surface area contributed by atoms with Crippen LogP contribution >= 0.6 is 15.9 Å². The molecule has 2 aromatic carbocycles. The minimum Gasteiger partial charge on any atom is -0.338 e. The summed E-state index contributed by atoms with van der Waals surface area (Å²) in [5, 5.41) is 7.27. The van der Waals surface area contributed by atoms with E-state index >= 15 is 0 Å². The Morgan fingerprint density at radius 2 is 2.10 bits per heavy atom. The van der Waals surface area contributed by atoms with Gasteiger partial charge in [-0.2, -0.15) is 4.98 Å². The molecule has 6 nitrogen and oxygen atoms in total. The number of nitrogens with zero attached hydrogens (tertiary/aromatic N) is 3. The number of amides is 1. The summed E-state index contributed by atoms with van der Waals surface area (Å²) in [6, 6.07) is 15.9. The molecule has 1 aliphatic heterocycles. The number of nitrogens with one attached hydrogen (secondary N) is 1. The molecule has 0 saturated carbocycles. The standard InChI is InChI=1S/C24H27BrN4O2/c1-16(2)20-10-3-4-11-21(20)26-24(30)18-8-6-12-29(14-18)15-22-27-23(28-31-22)17-7-5-9-19(25)13-17/h3-5,7,9-11,13,16,18H,6,8,12,14-15H2,1-2H3,(H,26,30). The summed E-state index contributed by atoms with van der Waals surface area (Å²) in [7, 11) is 0. The first-order valence-electron chi connectivity index (χ1n) is 10.7. The van der Waals surface area contributed by atoms with Crippen LogP contribution in [0.15, 0.2) is 57.5 Å². The van der Waals surface area contributed by atoms with Crippen LogP contribution in [0.1, 0.15) is 44.1 Å². The van der Waals surface area contributed by atoms with Gasteiger partial charge in [0.25, 0.3) is 0 Å². The fourth-order valence-corrected chi connectivity index (χ4v) is 4.42. The lowest BCUT2D eigenvalue weighted by atomic mass is 9.96. The number of hydrogen-bond acceptors (Lipinski definition) is 5. The van der Waals surface area contributed by atoms with Crippen molar-refractivity contribution in [2.24, 2.45) is 5.92 Å². The van der Waals surface area contributed by atoms with Gasteiger partial charge in [-0.25, -0.2) is 0 Å². The number of anilines is 1. The molecule has 3 aromatic rings. The molecule has 4 rings (SSSR count). The molecule has 1 amide bonds. The second kappa shape index (κ2) is 9.75. The molecular formula is C24H27BrN4O2. The summed E-state index contributed by atoms with van der Waals surface area (Å²) in [6.07, 6.45) is 1.86. The fourth-order valence-electron chi connectivity index (χ4n) is 4.02. The highest BCUT2D eigenvalue weighted by Gasteiger charge is 2.27. The van der Waals surface area contributed by atoms with E-state index in [4.69, 9.17) is 4.52 Å². The lowest BCUT2D eigenvalue weighted by Gasteiger charge is -2.31. The normalized spacial score (nSPS) is 17.1. The van der Waals surface area contributed by atoms with Gasteiger partial charge >= 0.3 is 0 Å². The molecule has 1 aromatic heterocycles. The zero-order valence-electron chi connectivity index (χ0n) is 17.8. The number of carbonyl (C=O) groups excluding carboxylic acids is 1. The van der Waals surface area contributed by atoms with Gasteiger partial charge in [0.2, 0.25) is 17.6 Å². The zero-order valence-corrected chi connectivity index (χ0v) is 19.4. The van der Waals surface area contributed by atoms with Crippen molar-refractivity contribution < 1.29 is 9.32 Å². The van der Waals surface area contributed by atoms with Gasteiger partial charge in [0, 0.05) is 22.3 Å². The molecule has 31 heavy (non-hydrogen) atoms. The number of halogens is 1. The van der Waals surface area contributed by atoms with E-state index in [0.717, 1.165) is 40.7 Å². The third kappa shape index (κ3) is 5.40. The van der Waals surface area contributed by atoms with E-state index < -0.39 is 0 Å². The maximum absolute atomic E-state index is 13.0. The van der Waals surface area contributed by atoms with Crippen molar-refractivity contribution in [2.45, 2.75) is 39.2 Å². The molecule has 2 heterocycles. The quantitative estimate of drug-likeness (QED) is 0.503. The van der Waals surface area contributed by atoms with Crippen molar-refractivity contribution in [3.05, 3.63) is 64.5 Å². The molecule has 1 saturated heterocycles. The van der Waals surface area contributed by atoms with E-state index in [-0.39, 0.29) is 11.8 Å². The van der Waals surface area contributed by atoms with E-state index in [1.165, 1.54) is 0 Å². The third-order valence-corrected chi connectivity index (χ3v) is 6.12. The van der Waals surface area contributed by atoms with E-state index in [1.807, 2.05) is 42.5 Å². The van der Waals surface area contributed by atoms with Crippen molar-refractivity contribution in [3.63, 3.8) is 0 Å². The van der Waals surface area contributed by atoms with Crippen LogP contribution in [0.3, 0.4) is 0 Å². The number of piperidine rings is 1. The molecule has 162 valence electrons. The van der Waals surface area contributed by atoms with Gasteiger partial charge in [-0.3, -0.25) is 9.69 Å². The fraction of sp³-hybridized carbons (Fsp3) is 0.375. The average Bonchev–Trinajstić information content (AvgIpc) is 3.22. The SMILES string of the molecule is CC(C)c1ccccc1NC(=O)C1CCCN(Cc2nc(-c3cccc(Br)c3)no2)C1. The smallest absolute Gasteiger partial charge is 0.241 e. The molecule has 0 radical (unpaired) electrons. The Kier molecular flexibility index (Phi) is 6.83. The number of carbonyl (C=O) groups is 1. The van der Waals surface area contributed by atoms with Gasteiger partial charge < -0.3 is 9.84 Å². The Hall–Kier alpha value is -2.51. The first-order valence-corrected chi connectivity index (χ1v) is 11.5. The van der Waals surface area contributed by atoms with Crippen molar-refractivity contribution >= 4 is 27.5 Å². The Bertz CT molecular complexity index is 1050. The van der Waals surface area contributed by atoms with Crippen LogP contribution in [-0.4, -0.2) is 34.0 Å². The molecule has 1 unspecified atom stereocenters. The Morgan fingerprint density at radius 3 is 2.90 bits per heavy atom. The van der Waals surface area contributed by atoms with Crippen molar-refractivity contribution in [1.82, 2.24) is 15.0 Å². The molecule has 7 heteroatoms. The Labute approximate surface area is 191 Å². The van der Waals surface area contributed by atoms with E-state index in [9.17, 15) is 4.79 Å². The minimum absolute atomic E-state index is 0.0542. The van der Waals surface area contributed by atoms with E-state index in [0.29, 0.717) is 30.7 Å². The average molecular weight is 483 g/mol. The van der Waals surface area contributed by atoms with Crippen LogP contribution in [0, 0.1) is 5.92 Å². The summed E-state index contributed by atoms with van der Waals surface area (Å²) in [5.74, 6) is 1.53. The highest BCUT2D eigenvalue weighted by Crippen LogP contribution is 2.26. The maximum Gasteiger partial charge on any atom is 0.241 e. The van der Waals surface area contributed by atoms with Crippen LogP contribution in [0.5, 0.6) is 0 Å². The molecular weight excluding hydrogens is 456 g/mol. The summed E-state index contributed by atoms with van der Waals surface area (Å²) < 4.78 is 6.45. The first-order chi connectivity index (χ1) is 15.0. The molecule has 0 bridgehead atoms. The highest BCUT2D eigenvalue weighted by molar-refractivity contribution is 9.10. The summed E-state index contributed by atoms with van der Waals surface area (Å²) in [5.41, 5.74) is 2.98. The second-order valence-electron chi connectivity index (χ2n) is 8.33. The number of rotatable bonds is 6. The Morgan fingerprint density at radius 1 is 1.26 bits per heavy atom. The van der Waals surface area contributed by atoms with Crippen LogP contribution in [0.25, 0.3) is 11.4 Å². The molecule has 1 aliphatic rings. The largest absolute Gasteiger partial charge is 0.338 e. The minimum atomic E-state index is -0.0542. The van der Waals surface area contributed by atoms with Gasteiger partial charge in [-0.1, -0.05) is 65.3 Å². The molecule has 0 aliphatic carbocycles. The van der Waals surface area contributed by atoms with Crippen LogP contribution in [0.2, 0.25) is 0 Å². The monoisotopic (exact) mass is 482 g/mol. The number of benzene rings is 2. The Balaban J connectivity index is 1.38. The number of hydrogen-bond donors (Lipinski definition) is 1. The summed E-state index contributed by atoms with van der Waals surface area (Å²) in [4.78, 5) is 19.7. The van der Waals surface area contributed by atoms with Gasteiger partial charge in [-0.05, 0) is 49.1 Å². The topological polar surface area (TPSA) is 71.3 Å². The van der Waals surface area contributed by atoms with Gasteiger partial charge in [0.15, 0.2) is 0 Å². The third-order valence-electron chi connectivity index (χ3n) is 5.63. The van der Waals surface area contributed by atoms with Crippen molar-refractivity contribution in [2.75, 3.05) is 18.4 Å². The predicted molar refractivity (Wildman–Crippen MR) is 125 cm³/mol. The first kappa shape index (κ1) is 21.7. The van der Waals surface area contributed by atoms with Crippen LogP contribution in [-0.2, 0) is 11.3 Å². The van der Waals surface area contributed by atoms with Crippen LogP contribution in [0.4, 0.5) is 5.69 Å². The summed E-state index contributed by atoms with van der Waals surface area (Å²) in [6.45, 7) is 6.43. The predicted octanol–water partition coefficient (Wildman–Crippen LogP) is 5.47. The zero-order chi connectivity index (χ0) is 21.8. The number of para-hydroxylation sites is 1. The second-order valence-corrected chi connectivity index (χ2v) is 9.24. The lowest BCUT2D eigenvalue weighted by Crippen LogP contribution is -2.40. The van der Waals surface area contributed by atoms with Crippen molar-refractivity contribution in [1.29, 1.82) is 0 Å². The molecule has 1 fully saturated rings. The van der Waals surface area contributed by atoms with Gasteiger partial charge in [-0.15, -0.1) is 0 Å². The maximum atomic E-state index is 13.0. The summed E-state index contributed by atoms with van der Waals surface area (Å²) >= 11 is 3.47. The molecule has 0 spiro atoms. The van der Waals surface area contributed by atoms with Crippen molar-refractivity contribution in [3.8, 4) is 11.4 Å². The van der Waals surface area contributed by atoms with E-state index in [1.54, 1.807) is 0 Å². The highest BCUT2D eigenvalue weighted by atomic mass is 79.9. The van der Waals surface area contributed by atoms with Gasteiger partial charge in [0.1, 0.15) is 0 Å². The molecule has 1 atom stereocenters. The van der Waals surface area contributed by atoms with E-state index in [2.05, 4.69) is 56.2 Å². The van der Waals surface area contributed by atoms with Crippen LogP contribution < -0.4 is 5.32 Å². The molecule has 1 N–H and O–H groups in total. The lowest BCUT2D eigenvalue weighted by molar-refractivity contribution is -0.121. The number of aromatic nitrogens is 2.